The van der Waals surface area contributed by atoms with Gasteiger partial charge in [0, 0.05) is 54.6 Å². The zero-order valence-electron chi connectivity index (χ0n) is 26.7. The Labute approximate surface area is 290 Å². The molecule has 0 saturated carbocycles. The Bertz CT molecular complexity index is 3150. The maximum absolute atomic E-state index is 5.23. The first-order valence-corrected chi connectivity index (χ1v) is 17.6. The lowest BCUT2D eigenvalue weighted by atomic mass is 9.99. The van der Waals surface area contributed by atoms with Crippen LogP contribution in [0.5, 0.6) is 0 Å². The molecule has 4 aromatic heterocycles. The van der Waals surface area contributed by atoms with Crippen molar-refractivity contribution >= 4 is 85.9 Å². The lowest BCUT2D eigenvalue weighted by Gasteiger charge is -2.12. The molecule has 11 aromatic rings. The van der Waals surface area contributed by atoms with Gasteiger partial charge in [-0.2, -0.15) is 0 Å². The van der Waals surface area contributed by atoms with E-state index < -0.39 is 0 Å². The summed E-state index contributed by atoms with van der Waals surface area (Å²) < 4.78 is 5.06. The number of hydrogen-bond donors (Lipinski definition) is 0. The van der Waals surface area contributed by atoms with Gasteiger partial charge in [0.05, 0.1) is 21.4 Å². The summed E-state index contributed by atoms with van der Waals surface area (Å²) in [6.45, 7) is 0. The number of nitrogens with zero attached hydrogens (tertiary/aromatic N) is 4. The molecule has 4 heterocycles. The van der Waals surface area contributed by atoms with Gasteiger partial charge in [-0.3, -0.25) is 0 Å². The Hall–Kier alpha value is -6.43. The van der Waals surface area contributed by atoms with E-state index in [9.17, 15) is 0 Å². The molecule has 0 amide bonds. The topological polar surface area (TPSA) is 43.6 Å². The Morgan fingerprint density at radius 2 is 1.18 bits per heavy atom. The van der Waals surface area contributed by atoms with E-state index in [2.05, 4.69) is 155 Å². The van der Waals surface area contributed by atoms with Crippen LogP contribution in [0.15, 0.2) is 158 Å². The van der Waals surface area contributed by atoms with Crippen molar-refractivity contribution in [3.63, 3.8) is 0 Å². The zero-order valence-corrected chi connectivity index (χ0v) is 27.5. The maximum atomic E-state index is 5.23. The highest BCUT2D eigenvalue weighted by atomic mass is 32.1. The molecule has 0 aliphatic heterocycles. The molecule has 11 rings (SSSR count). The number of pyridine rings is 1. The third-order valence-electron chi connectivity index (χ3n) is 10.1. The van der Waals surface area contributed by atoms with Crippen molar-refractivity contribution in [2.24, 2.45) is 0 Å². The van der Waals surface area contributed by atoms with Crippen LogP contribution in [0, 0.1) is 0 Å². The molecule has 0 bridgehead atoms. The second kappa shape index (κ2) is 10.5. The Morgan fingerprint density at radius 3 is 2.04 bits per heavy atom. The molecule has 0 aliphatic rings. The second-order valence-electron chi connectivity index (χ2n) is 12.8. The van der Waals surface area contributed by atoms with E-state index in [1.165, 1.54) is 58.1 Å². The number of para-hydroxylation sites is 1. The predicted molar refractivity (Wildman–Crippen MR) is 210 cm³/mol. The minimum Gasteiger partial charge on any atom is -0.308 e. The van der Waals surface area contributed by atoms with Crippen molar-refractivity contribution in [3.8, 4) is 28.3 Å². The van der Waals surface area contributed by atoms with Crippen LogP contribution < -0.4 is 0 Å². The average Bonchev–Trinajstić information content (AvgIpc) is 3.75. The van der Waals surface area contributed by atoms with E-state index >= 15 is 0 Å². The fourth-order valence-electron chi connectivity index (χ4n) is 7.88. The van der Waals surface area contributed by atoms with E-state index in [4.69, 9.17) is 9.97 Å². The molecule has 5 heteroatoms. The van der Waals surface area contributed by atoms with Gasteiger partial charge in [-0.15, -0.1) is 11.3 Å². The molecule has 0 saturated heterocycles. The van der Waals surface area contributed by atoms with Crippen LogP contribution in [0.1, 0.15) is 0 Å². The molecule has 0 atom stereocenters. The summed E-state index contributed by atoms with van der Waals surface area (Å²) in [5.74, 6) is 0.658. The van der Waals surface area contributed by atoms with Crippen LogP contribution in [0.3, 0.4) is 0 Å². The van der Waals surface area contributed by atoms with Crippen LogP contribution in [0.25, 0.3) is 103 Å². The van der Waals surface area contributed by atoms with Gasteiger partial charge < -0.3 is 4.57 Å². The quantitative estimate of drug-likeness (QED) is 0.190. The summed E-state index contributed by atoms with van der Waals surface area (Å²) in [7, 11) is 0. The molecule has 232 valence electrons. The normalized spacial score (nSPS) is 12.0. The van der Waals surface area contributed by atoms with Crippen molar-refractivity contribution in [3.05, 3.63) is 158 Å². The lowest BCUT2D eigenvalue weighted by molar-refractivity contribution is 1.17. The highest BCUT2D eigenvalue weighted by molar-refractivity contribution is 7.27. The van der Waals surface area contributed by atoms with Gasteiger partial charge in [0.25, 0.3) is 0 Å². The number of benzene rings is 7. The largest absolute Gasteiger partial charge is 0.308 e. The number of hydrogen-bond acceptors (Lipinski definition) is 4. The Morgan fingerprint density at radius 1 is 0.500 bits per heavy atom. The predicted octanol–water partition coefficient (Wildman–Crippen LogP) is 12.1. The summed E-state index contributed by atoms with van der Waals surface area (Å²) in [5.41, 5.74) is 7.13. The Balaban J connectivity index is 1.16. The first-order chi connectivity index (χ1) is 24.8. The van der Waals surface area contributed by atoms with Crippen molar-refractivity contribution in [2.45, 2.75) is 0 Å². The van der Waals surface area contributed by atoms with Crippen molar-refractivity contribution in [1.82, 2.24) is 19.5 Å². The third kappa shape index (κ3) is 3.89. The summed E-state index contributed by atoms with van der Waals surface area (Å²) in [4.78, 5) is 14.9. The van der Waals surface area contributed by atoms with Gasteiger partial charge in [0.15, 0.2) is 11.5 Å². The zero-order chi connectivity index (χ0) is 32.8. The first kappa shape index (κ1) is 27.5. The van der Waals surface area contributed by atoms with Gasteiger partial charge in [-0.05, 0) is 70.1 Å². The average molecular weight is 655 g/mol. The van der Waals surface area contributed by atoms with Crippen LogP contribution in [-0.2, 0) is 0 Å². The molecule has 0 spiro atoms. The van der Waals surface area contributed by atoms with Gasteiger partial charge in [0.1, 0.15) is 0 Å². The van der Waals surface area contributed by atoms with E-state index in [1.807, 2.05) is 17.4 Å². The van der Waals surface area contributed by atoms with E-state index in [-0.39, 0.29) is 0 Å². The second-order valence-corrected chi connectivity index (χ2v) is 13.8. The summed E-state index contributed by atoms with van der Waals surface area (Å²) in [5, 5.41) is 11.0. The van der Waals surface area contributed by atoms with Crippen LogP contribution in [0.2, 0.25) is 0 Å². The molecular weight excluding hydrogens is 629 g/mol. The molecule has 7 aromatic carbocycles. The number of thiophene rings is 1. The maximum Gasteiger partial charge on any atom is 0.163 e. The molecule has 0 aliphatic carbocycles. The highest BCUT2D eigenvalue weighted by Gasteiger charge is 2.22. The van der Waals surface area contributed by atoms with E-state index in [0.29, 0.717) is 11.5 Å². The molecule has 0 radical (unpaired) electrons. The Kier molecular flexibility index (Phi) is 5.80. The smallest absolute Gasteiger partial charge is 0.163 e. The van der Waals surface area contributed by atoms with Crippen molar-refractivity contribution < 1.29 is 0 Å². The monoisotopic (exact) mass is 654 g/mol. The molecule has 0 N–H and O–H groups in total. The van der Waals surface area contributed by atoms with Crippen molar-refractivity contribution in [1.29, 1.82) is 0 Å². The summed E-state index contributed by atoms with van der Waals surface area (Å²) in [6.07, 6.45) is 1.80. The van der Waals surface area contributed by atoms with Crippen LogP contribution in [0.4, 0.5) is 0 Å². The lowest BCUT2D eigenvalue weighted by Crippen LogP contribution is -1.98. The minimum atomic E-state index is 0.658. The SMILES string of the molecule is c1ccc2c(-c3nc(-c4ccc(-n5c6ccccc6c6c7ccccc7c7c8ccccc8sc7c65)cc4)nc4ncccc34)cccc2c1. The van der Waals surface area contributed by atoms with E-state index in [1.54, 1.807) is 6.20 Å². The minimum absolute atomic E-state index is 0.658. The number of rotatable bonds is 3. The van der Waals surface area contributed by atoms with Crippen LogP contribution in [-0.4, -0.2) is 19.5 Å². The number of fused-ring (bicyclic) bond motifs is 12. The molecular formula is C45H26N4S. The van der Waals surface area contributed by atoms with Crippen molar-refractivity contribution in [2.75, 3.05) is 0 Å². The molecule has 50 heavy (non-hydrogen) atoms. The molecule has 0 fully saturated rings. The van der Waals surface area contributed by atoms with Gasteiger partial charge in [-0.25, -0.2) is 15.0 Å². The molecule has 4 nitrogen and oxygen atoms in total. The molecule has 0 unspecified atom stereocenters. The standard InChI is InChI=1S/C45H26N4S/c1-2-13-30-27(11-1)12-9-18-33(30)41-36-19-10-26-46-45(36)48-44(47-41)28-22-24-29(25-23-28)49-37-20-7-5-16-34(37)39-31-14-3-4-15-32(31)40-35-17-6-8-21-38(35)50-43(40)42(39)49/h1-26H. The van der Waals surface area contributed by atoms with Gasteiger partial charge in [0.2, 0.25) is 0 Å². The highest BCUT2D eigenvalue weighted by Crippen LogP contribution is 2.47. The fraction of sp³-hybridized carbons (Fsp3) is 0. The number of aromatic nitrogens is 4. The third-order valence-corrected chi connectivity index (χ3v) is 11.2. The van der Waals surface area contributed by atoms with Crippen LogP contribution >= 0.6 is 11.3 Å². The summed E-state index contributed by atoms with van der Waals surface area (Å²) in [6, 6.07) is 54.0. The first-order valence-electron chi connectivity index (χ1n) is 16.8. The van der Waals surface area contributed by atoms with Gasteiger partial charge in [-0.1, -0.05) is 103 Å². The fourth-order valence-corrected chi connectivity index (χ4v) is 9.14. The van der Waals surface area contributed by atoms with Gasteiger partial charge >= 0.3 is 0 Å². The van der Waals surface area contributed by atoms with E-state index in [0.717, 1.165) is 33.3 Å². The summed E-state index contributed by atoms with van der Waals surface area (Å²) >= 11 is 1.88.